The fourth-order valence-electron chi connectivity index (χ4n) is 2.35. The van der Waals surface area contributed by atoms with Crippen LogP contribution in [0.4, 0.5) is 0 Å². The normalized spacial score (nSPS) is 19.9. The first-order valence-corrected chi connectivity index (χ1v) is 6.31. The number of hydrogen-bond acceptors (Lipinski definition) is 4. The maximum absolute atomic E-state index is 7.46. The van der Waals surface area contributed by atoms with Gasteiger partial charge in [-0.2, -0.15) is 0 Å². The lowest BCUT2D eigenvalue weighted by Crippen LogP contribution is -2.26. The number of amidine groups is 1. The molecule has 0 spiro atoms. The van der Waals surface area contributed by atoms with Crippen LogP contribution in [-0.4, -0.2) is 42.0 Å². The number of nitrogen functional groups attached to an aromatic ring is 1. The van der Waals surface area contributed by atoms with E-state index in [-0.39, 0.29) is 5.84 Å². The Labute approximate surface area is 107 Å². The van der Waals surface area contributed by atoms with Crippen molar-refractivity contribution < 1.29 is 4.74 Å². The standard InChI is InChI=1S/C13H20N4O/c1-17-8-3-4-10(17)6-9-18-13-11(12(14)15)5-2-7-16-13/h2,5,7,10H,3-4,6,8-9H2,1H3,(H3,14,15). The molecule has 1 aromatic heterocycles. The zero-order valence-electron chi connectivity index (χ0n) is 10.7. The van der Waals surface area contributed by atoms with Crippen LogP contribution < -0.4 is 10.5 Å². The molecule has 1 atom stereocenters. The summed E-state index contributed by atoms with van der Waals surface area (Å²) in [6.45, 7) is 1.79. The number of aromatic nitrogens is 1. The van der Waals surface area contributed by atoms with Crippen molar-refractivity contribution in [3.05, 3.63) is 23.9 Å². The molecular formula is C13H20N4O. The fraction of sp³-hybridized carbons (Fsp3) is 0.538. The highest BCUT2D eigenvalue weighted by atomic mass is 16.5. The zero-order chi connectivity index (χ0) is 13.0. The van der Waals surface area contributed by atoms with Gasteiger partial charge in [0.25, 0.3) is 0 Å². The second-order valence-electron chi connectivity index (χ2n) is 4.68. The van der Waals surface area contributed by atoms with Crippen LogP contribution in [0.3, 0.4) is 0 Å². The minimum Gasteiger partial charge on any atom is -0.477 e. The Morgan fingerprint density at radius 2 is 2.50 bits per heavy atom. The Morgan fingerprint density at radius 3 is 3.17 bits per heavy atom. The second-order valence-corrected chi connectivity index (χ2v) is 4.68. The SMILES string of the molecule is CN1CCCC1CCOc1ncccc1C(=N)N. The molecular weight excluding hydrogens is 228 g/mol. The summed E-state index contributed by atoms with van der Waals surface area (Å²) >= 11 is 0. The van der Waals surface area contributed by atoms with Crippen LogP contribution >= 0.6 is 0 Å². The molecule has 1 unspecified atom stereocenters. The van der Waals surface area contributed by atoms with E-state index in [1.54, 1.807) is 18.3 Å². The molecule has 5 nitrogen and oxygen atoms in total. The molecule has 3 N–H and O–H groups in total. The molecule has 0 bridgehead atoms. The average Bonchev–Trinajstić information content (AvgIpc) is 2.76. The number of nitrogens with zero attached hydrogens (tertiary/aromatic N) is 2. The Balaban J connectivity index is 1.88. The maximum Gasteiger partial charge on any atom is 0.224 e. The van der Waals surface area contributed by atoms with Crippen LogP contribution in [0, 0.1) is 5.41 Å². The molecule has 0 radical (unpaired) electrons. The lowest BCUT2D eigenvalue weighted by atomic mass is 10.1. The van der Waals surface area contributed by atoms with Crippen molar-refractivity contribution in [1.82, 2.24) is 9.88 Å². The van der Waals surface area contributed by atoms with Crippen LogP contribution in [0.15, 0.2) is 18.3 Å². The molecule has 0 aromatic carbocycles. The van der Waals surface area contributed by atoms with Gasteiger partial charge in [0, 0.05) is 12.2 Å². The van der Waals surface area contributed by atoms with Gasteiger partial charge in [0.15, 0.2) is 0 Å². The smallest absolute Gasteiger partial charge is 0.224 e. The predicted octanol–water partition coefficient (Wildman–Crippen LogP) is 1.23. The third kappa shape index (κ3) is 2.98. The van der Waals surface area contributed by atoms with E-state index in [0.717, 1.165) is 6.42 Å². The van der Waals surface area contributed by atoms with Crippen molar-refractivity contribution >= 4 is 5.84 Å². The Kier molecular flexibility index (Phi) is 4.15. The van der Waals surface area contributed by atoms with E-state index in [1.165, 1.54) is 19.4 Å². The lowest BCUT2D eigenvalue weighted by Gasteiger charge is -2.19. The number of ether oxygens (including phenoxy) is 1. The number of rotatable bonds is 5. The highest BCUT2D eigenvalue weighted by molar-refractivity contribution is 5.96. The van der Waals surface area contributed by atoms with Gasteiger partial charge in [-0.25, -0.2) is 4.98 Å². The summed E-state index contributed by atoms with van der Waals surface area (Å²) in [5.74, 6) is 0.460. The summed E-state index contributed by atoms with van der Waals surface area (Å²) < 4.78 is 5.65. The van der Waals surface area contributed by atoms with E-state index >= 15 is 0 Å². The van der Waals surface area contributed by atoms with E-state index in [0.29, 0.717) is 24.1 Å². The van der Waals surface area contributed by atoms with Gasteiger partial charge >= 0.3 is 0 Å². The summed E-state index contributed by atoms with van der Waals surface area (Å²) in [5, 5.41) is 7.46. The van der Waals surface area contributed by atoms with E-state index < -0.39 is 0 Å². The van der Waals surface area contributed by atoms with Gasteiger partial charge in [-0.15, -0.1) is 0 Å². The Hall–Kier alpha value is -1.62. The monoisotopic (exact) mass is 248 g/mol. The van der Waals surface area contributed by atoms with E-state index in [1.807, 2.05) is 0 Å². The molecule has 98 valence electrons. The molecule has 0 saturated carbocycles. The predicted molar refractivity (Wildman–Crippen MR) is 71.0 cm³/mol. The molecule has 1 aliphatic rings. The number of nitrogens with one attached hydrogen (secondary N) is 1. The molecule has 2 heterocycles. The van der Waals surface area contributed by atoms with Crippen LogP contribution in [0.5, 0.6) is 5.88 Å². The van der Waals surface area contributed by atoms with Gasteiger partial charge in [-0.05, 0) is 45.0 Å². The largest absolute Gasteiger partial charge is 0.477 e. The van der Waals surface area contributed by atoms with Crippen molar-refractivity contribution in [3.8, 4) is 5.88 Å². The van der Waals surface area contributed by atoms with Gasteiger partial charge in [-0.1, -0.05) is 0 Å². The number of nitrogens with two attached hydrogens (primary N) is 1. The van der Waals surface area contributed by atoms with Gasteiger partial charge in [-0.3, -0.25) is 5.41 Å². The molecule has 18 heavy (non-hydrogen) atoms. The zero-order valence-corrected chi connectivity index (χ0v) is 10.7. The van der Waals surface area contributed by atoms with Crippen molar-refractivity contribution in [2.45, 2.75) is 25.3 Å². The first-order chi connectivity index (χ1) is 8.68. The van der Waals surface area contributed by atoms with Crippen molar-refractivity contribution in [1.29, 1.82) is 5.41 Å². The van der Waals surface area contributed by atoms with Gasteiger partial charge in [0.1, 0.15) is 5.84 Å². The quantitative estimate of drug-likeness (QED) is 0.607. The van der Waals surface area contributed by atoms with Crippen LogP contribution in [-0.2, 0) is 0 Å². The number of likely N-dealkylation sites (tertiary alicyclic amines) is 1. The van der Waals surface area contributed by atoms with E-state index in [4.69, 9.17) is 15.9 Å². The number of pyridine rings is 1. The minimum absolute atomic E-state index is 0.00363. The van der Waals surface area contributed by atoms with Crippen LogP contribution in [0.2, 0.25) is 0 Å². The molecule has 0 amide bonds. The molecule has 1 aromatic rings. The first-order valence-electron chi connectivity index (χ1n) is 6.31. The average molecular weight is 248 g/mol. The summed E-state index contributed by atoms with van der Waals surface area (Å²) in [5.41, 5.74) is 6.05. The molecule has 0 aliphatic carbocycles. The molecule has 1 fully saturated rings. The third-order valence-electron chi connectivity index (χ3n) is 3.42. The topological polar surface area (TPSA) is 75.2 Å². The Bertz CT molecular complexity index is 421. The first kappa shape index (κ1) is 12.8. The lowest BCUT2D eigenvalue weighted by molar-refractivity contribution is 0.228. The van der Waals surface area contributed by atoms with E-state index in [2.05, 4.69) is 16.9 Å². The molecule has 2 rings (SSSR count). The minimum atomic E-state index is -0.00363. The van der Waals surface area contributed by atoms with Crippen molar-refractivity contribution in [2.24, 2.45) is 5.73 Å². The Morgan fingerprint density at radius 1 is 1.67 bits per heavy atom. The van der Waals surface area contributed by atoms with Gasteiger partial charge < -0.3 is 15.4 Å². The van der Waals surface area contributed by atoms with E-state index in [9.17, 15) is 0 Å². The van der Waals surface area contributed by atoms with Crippen molar-refractivity contribution in [3.63, 3.8) is 0 Å². The maximum atomic E-state index is 7.46. The molecule has 5 heteroatoms. The van der Waals surface area contributed by atoms with Gasteiger partial charge in [0.2, 0.25) is 5.88 Å². The highest BCUT2D eigenvalue weighted by Gasteiger charge is 2.20. The van der Waals surface area contributed by atoms with Crippen LogP contribution in [0.25, 0.3) is 0 Å². The summed E-state index contributed by atoms with van der Waals surface area (Å²) in [7, 11) is 2.15. The summed E-state index contributed by atoms with van der Waals surface area (Å²) in [6.07, 6.45) is 5.15. The third-order valence-corrected chi connectivity index (χ3v) is 3.42. The molecule has 1 aliphatic heterocycles. The summed E-state index contributed by atoms with van der Waals surface area (Å²) in [6, 6.07) is 4.12. The highest BCUT2D eigenvalue weighted by Crippen LogP contribution is 2.19. The van der Waals surface area contributed by atoms with Gasteiger partial charge in [0.05, 0.1) is 12.2 Å². The van der Waals surface area contributed by atoms with Crippen molar-refractivity contribution in [2.75, 3.05) is 20.2 Å². The fourth-order valence-corrected chi connectivity index (χ4v) is 2.35. The number of hydrogen-bond donors (Lipinski definition) is 2. The second kappa shape index (κ2) is 5.82. The van der Waals surface area contributed by atoms with Crippen LogP contribution in [0.1, 0.15) is 24.8 Å². The molecule has 1 saturated heterocycles. The summed E-state index contributed by atoms with van der Waals surface area (Å²) in [4.78, 5) is 6.50.